The molecule has 2 aliphatic heterocycles. The Labute approximate surface area is 133 Å². The van der Waals surface area contributed by atoms with E-state index in [1.165, 1.54) is 0 Å². The second kappa shape index (κ2) is 5.41. The van der Waals surface area contributed by atoms with Crippen LogP contribution < -0.4 is 5.32 Å². The molecule has 5 nitrogen and oxygen atoms in total. The Hall–Kier alpha value is -1.85. The van der Waals surface area contributed by atoms with Crippen molar-refractivity contribution in [3.63, 3.8) is 0 Å². The molecule has 2 fully saturated rings. The smallest absolute Gasteiger partial charge is 0.307 e. The van der Waals surface area contributed by atoms with Crippen molar-refractivity contribution in [3.05, 3.63) is 41.4 Å². The topological polar surface area (TPSA) is 58.4 Å². The quantitative estimate of drug-likeness (QED) is 0.944. The number of nitrogens with zero attached hydrogens (tertiary/aromatic N) is 2. The fraction of sp³-hybridized carbons (Fsp3) is 0.375. The first-order chi connectivity index (χ1) is 10.7. The fourth-order valence-corrected chi connectivity index (χ4v) is 3.43. The van der Waals surface area contributed by atoms with Gasteiger partial charge in [-0.25, -0.2) is 4.98 Å². The Balaban J connectivity index is 1.46. The second-order valence-corrected chi connectivity index (χ2v) is 6.36. The molecule has 1 aromatic carbocycles. The number of carbonyl (C=O) groups is 1. The highest BCUT2D eigenvalue weighted by Crippen LogP contribution is 2.28. The molecular weight excluding hydrogens is 302 g/mol. The average Bonchev–Trinajstić information content (AvgIpc) is 3.24. The fourth-order valence-electron chi connectivity index (χ4n) is 3.30. The second-order valence-electron chi connectivity index (χ2n) is 5.92. The number of amides is 1. The summed E-state index contributed by atoms with van der Waals surface area (Å²) in [6, 6.07) is 7.46. The minimum absolute atomic E-state index is 0.114. The van der Waals surface area contributed by atoms with E-state index in [-0.39, 0.29) is 17.8 Å². The first kappa shape index (κ1) is 13.8. The Morgan fingerprint density at radius 3 is 2.82 bits per heavy atom. The zero-order valence-electron chi connectivity index (χ0n) is 12.0. The maximum atomic E-state index is 12.3. The van der Waals surface area contributed by atoms with Crippen LogP contribution in [0.5, 0.6) is 0 Å². The molecule has 2 saturated heterocycles. The molecule has 1 N–H and O–H groups in total. The van der Waals surface area contributed by atoms with Gasteiger partial charge < -0.3 is 14.6 Å². The molecular formula is C16H16ClN3O2. The van der Waals surface area contributed by atoms with Crippen molar-refractivity contribution in [2.24, 2.45) is 5.92 Å². The molecule has 0 spiro atoms. The average molecular weight is 318 g/mol. The Morgan fingerprint density at radius 2 is 2.14 bits per heavy atom. The lowest BCUT2D eigenvalue weighted by Crippen LogP contribution is -2.43. The number of benzene rings is 1. The largest absolute Gasteiger partial charge is 0.432 e. The highest BCUT2D eigenvalue weighted by Gasteiger charge is 2.39. The molecule has 0 radical (unpaired) electrons. The van der Waals surface area contributed by atoms with E-state index in [0.29, 0.717) is 16.7 Å². The Kier molecular flexibility index (Phi) is 3.39. The monoisotopic (exact) mass is 317 g/mol. The Morgan fingerprint density at radius 1 is 1.32 bits per heavy atom. The van der Waals surface area contributed by atoms with E-state index >= 15 is 0 Å². The number of oxazole rings is 1. The molecule has 2 unspecified atom stereocenters. The number of rotatable bonds is 3. The number of hydrogen-bond acceptors (Lipinski definition) is 4. The van der Waals surface area contributed by atoms with E-state index in [0.717, 1.165) is 31.6 Å². The van der Waals surface area contributed by atoms with Crippen molar-refractivity contribution in [2.75, 3.05) is 19.6 Å². The number of hydrogen-bond donors (Lipinski definition) is 1. The lowest BCUT2D eigenvalue weighted by Gasteiger charge is -2.22. The van der Waals surface area contributed by atoms with Crippen molar-refractivity contribution in [3.8, 4) is 11.3 Å². The molecule has 3 atom stereocenters. The van der Waals surface area contributed by atoms with E-state index in [9.17, 15) is 4.79 Å². The van der Waals surface area contributed by atoms with Crippen LogP contribution in [-0.2, 0) is 0 Å². The summed E-state index contributed by atoms with van der Waals surface area (Å²) in [5.74, 6) is 1.01. The van der Waals surface area contributed by atoms with Gasteiger partial charge in [0, 0.05) is 29.7 Å². The van der Waals surface area contributed by atoms with Gasteiger partial charge in [-0.3, -0.25) is 4.79 Å². The number of piperidine rings is 1. The number of carbonyl (C=O) groups excluding carboxylic acids is 1. The van der Waals surface area contributed by atoms with Crippen LogP contribution in [0.25, 0.3) is 11.3 Å². The van der Waals surface area contributed by atoms with Gasteiger partial charge in [-0.05, 0) is 43.1 Å². The zero-order chi connectivity index (χ0) is 15.1. The minimum atomic E-state index is -0.237. The van der Waals surface area contributed by atoms with Crippen LogP contribution in [0, 0.1) is 5.92 Å². The van der Waals surface area contributed by atoms with E-state index in [4.69, 9.17) is 16.0 Å². The third-order valence-electron chi connectivity index (χ3n) is 4.48. The highest BCUT2D eigenvalue weighted by atomic mass is 35.5. The maximum Gasteiger partial charge on any atom is 0.307 e. The lowest BCUT2D eigenvalue weighted by molar-refractivity contribution is 0.0890. The summed E-state index contributed by atoms with van der Waals surface area (Å²) in [5.41, 5.74) is 0.849. The van der Waals surface area contributed by atoms with E-state index in [1.54, 1.807) is 18.3 Å². The van der Waals surface area contributed by atoms with Gasteiger partial charge in [0.2, 0.25) is 0 Å². The van der Waals surface area contributed by atoms with E-state index in [2.05, 4.69) is 15.2 Å². The summed E-state index contributed by atoms with van der Waals surface area (Å²) in [7, 11) is 0. The molecule has 4 rings (SSSR count). The summed E-state index contributed by atoms with van der Waals surface area (Å²) < 4.78 is 5.58. The van der Waals surface area contributed by atoms with Crippen LogP contribution in [0.3, 0.4) is 0 Å². The molecule has 2 aliphatic rings. The third kappa shape index (κ3) is 2.51. The first-order valence-electron chi connectivity index (χ1n) is 7.44. The van der Waals surface area contributed by atoms with Crippen LogP contribution in [0.4, 0.5) is 0 Å². The number of halogens is 1. The minimum Gasteiger partial charge on any atom is -0.432 e. The zero-order valence-corrected chi connectivity index (χ0v) is 12.7. The predicted octanol–water partition coefficient (Wildman–Crippen LogP) is 2.43. The highest BCUT2D eigenvalue weighted by molar-refractivity contribution is 6.30. The van der Waals surface area contributed by atoms with Gasteiger partial charge in [-0.2, -0.15) is 0 Å². The molecule has 22 heavy (non-hydrogen) atoms. The SMILES string of the molecule is O=C(NC1CN2CC[C@H]1C2)c1ncc(-c2ccc(Cl)cc2)o1. The van der Waals surface area contributed by atoms with Gasteiger partial charge in [-0.15, -0.1) is 0 Å². The standard InChI is InChI=1S/C16H16ClN3O2/c17-12-3-1-10(2-4-12)14-7-18-16(22-14)15(21)19-13-9-20-6-5-11(13)8-20/h1-4,7,11,13H,5-6,8-9H2,(H,19,21)/t11-,13?/m0/s1. The molecule has 2 bridgehead atoms. The van der Waals surface area contributed by atoms with Crippen LogP contribution >= 0.6 is 11.6 Å². The molecule has 6 heteroatoms. The van der Waals surface area contributed by atoms with E-state index < -0.39 is 0 Å². The van der Waals surface area contributed by atoms with Gasteiger partial charge in [0.15, 0.2) is 5.76 Å². The van der Waals surface area contributed by atoms with E-state index in [1.807, 2.05) is 12.1 Å². The molecule has 0 saturated carbocycles. The first-order valence-corrected chi connectivity index (χ1v) is 7.82. The van der Waals surface area contributed by atoms with Crippen LogP contribution in [-0.4, -0.2) is 41.5 Å². The summed E-state index contributed by atoms with van der Waals surface area (Å²) in [6.45, 7) is 3.17. The number of nitrogens with one attached hydrogen (secondary N) is 1. The summed E-state index contributed by atoms with van der Waals surface area (Å²) >= 11 is 5.87. The van der Waals surface area contributed by atoms with Crippen molar-refractivity contribution < 1.29 is 9.21 Å². The van der Waals surface area contributed by atoms with Gasteiger partial charge in [0.1, 0.15) is 0 Å². The summed E-state index contributed by atoms with van der Waals surface area (Å²) in [4.78, 5) is 18.7. The van der Waals surface area contributed by atoms with Crippen molar-refractivity contribution in [1.82, 2.24) is 15.2 Å². The molecule has 2 aromatic rings. The van der Waals surface area contributed by atoms with Gasteiger partial charge in [0.25, 0.3) is 5.89 Å². The van der Waals surface area contributed by atoms with Crippen LogP contribution in [0.2, 0.25) is 5.02 Å². The molecule has 1 aromatic heterocycles. The number of fused-ring (bicyclic) bond motifs is 2. The summed E-state index contributed by atoms with van der Waals surface area (Å²) in [5, 5.41) is 3.70. The van der Waals surface area contributed by atoms with Crippen molar-refractivity contribution >= 4 is 17.5 Å². The summed E-state index contributed by atoms with van der Waals surface area (Å²) in [6.07, 6.45) is 2.73. The van der Waals surface area contributed by atoms with Crippen LogP contribution in [0.1, 0.15) is 17.1 Å². The number of aromatic nitrogens is 1. The van der Waals surface area contributed by atoms with Gasteiger partial charge in [0.05, 0.1) is 6.20 Å². The normalized spacial score (nSPS) is 26.3. The van der Waals surface area contributed by atoms with Gasteiger partial charge >= 0.3 is 5.91 Å². The van der Waals surface area contributed by atoms with Crippen molar-refractivity contribution in [2.45, 2.75) is 12.5 Å². The van der Waals surface area contributed by atoms with Crippen LogP contribution in [0.15, 0.2) is 34.9 Å². The Bertz CT molecular complexity index is 698. The molecule has 0 aliphatic carbocycles. The molecule has 1 amide bonds. The molecule has 3 heterocycles. The maximum absolute atomic E-state index is 12.3. The van der Waals surface area contributed by atoms with Gasteiger partial charge in [-0.1, -0.05) is 11.6 Å². The lowest BCUT2D eigenvalue weighted by atomic mass is 10.0. The third-order valence-corrected chi connectivity index (χ3v) is 4.73. The predicted molar refractivity (Wildman–Crippen MR) is 82.8 cm³/mol. The van der Waals surface area contributed by atoms with Crippen molar-refractivity contribution in [1.29, 1.82) is 0 Å². The molecule has 114 valence electrons.